The van der Waals surface area contributed by atoms with Crippen LogP contribution in [0.25, 0.3) is 0 Å². The van der Waals surface area contributed by atoms with Crippen LogP contribution in [0.1, 0.15) is 42.3 Å². The Kier molecular flexibility index (Phi) is 10.0. The molecule has 0 spiro atoms. The maximum Gasteiger partial charge on any atom is 0.339 e. The molecule has 1 fully saturated rings. The van der Waals surface area contributed by atoms with Gasteiger partial charge in [0.25, 0.3) is 0 Å². The number of amides is 1. The van der Waals surface area contributed by atoms with Crippen LogP contribution in [0.2, 0.25) is 0 Å². The van der Waals surface area contributed by atoms with Crippen molar-refractivity contribution in [3.63, 3.8) is 0 Å². The molecular formula is C34H42N2O6. The van der Waals surface area contributed by atoms with Crippen LogP contribution in [0.4, 0.5) is 5.69 Å². The average molecular weight is 575 g/mol. The minimum absolute atomic E-state index is 0.250. The van der Waals surface area contributed by atoms with Gasteiger partial charge in [-0.25, -0.2) is 4.79 Å². The zero-order chi connectivity index (χ0) is 30.3. The number of esters is 1. The van der Waals surface area contributed by atoms with E-state index in [1.807, 2.05) is 48.6 Å². The van der Waals surface area contributed by atoms with Crippen molar-refractivity contribution in [2.75, 3.05) is 65.6 Å². The van der Waals surface area contributed by atoms with E-state index in [-0.39, 0.29) is 11.3 Å². The summed E-state index contributed by atoms with van der Waals surface area (Å²) in [6.45, 7) is 16.2. The molecule has 0 radical (unpaired) electrons. The van der Waals surface area contributed by atoms with Gasteiger partial charge in [-0.3, -0.25) is 9.69 Å². The summed E-state index contributed by atoms with van der Waals surface area (Å²) in [5, 5.41) is 2.97. The van der Waals surface area contributed by atoms with Gasteiger partial charge in [0.15, 0.2) is 0 Å². The number of hydrogen-bond acceptors (Lipinski definition) is 7. The second-order valence-corrected chi connectivity index (χ2v) is 11.5. The summed E-state index contributed by atoms with van der Waals surface area (Å²) >= 11 is 0. The lowest BCUT2D eigenvalue weighted by Gasteiger charge is -2.31. The van der Waals surface area contributed by atoms with Gasteiger partial charge < -0.3 is 24.3 Å². The van der Waals surface area contributed by atoms with E-state index in [1.165, 1.54) is 7.11 Å². The van der Waals surface area contributed by atoms with Crippen molar-refractivity contribution in [1.29, 1.82) is 0 Å². The maximum atomic E-state index is 14.1. The quantitative estimate of drug-likeness (QED) is 0.226. The fourth-order valence-corrected chi connectivity index (χ4v) is 5.40. The highest BCUT2D eigenvalue weighted by molar-refractivity contribution is 6.15. The van der Waals surface area contributed by atoms with E-state index in [1.54, 1.807) is 19.2 Å². The summed E-state index contributed by atoms with van der Waals surface area (Å²) in [6.07, 6.45) is 6.02. The molecule has 1 unspecified atom stereocenters. The Morgan fingerprint density at radius 1 is 1.12 bits per heavy atom. The Bertz CT molecular complexity index is 1350. The van der Waals surface area contributed by atoms with Crippen LogP contribution in [-0.4, -0.2) is 77.1 Å². The predicted octanol–water partition coefficient (Wildman–Crippen LogP) is 5.15. The number of benzene rings is 2. The number of carbonyl (C=O) groups excluding carboxylic acids is 2. The molecule has 2 aromatic carbocycles. The Hall–Kier alpha value is -3.72. The van der Waals surface area contributed by atoms with Crippen molar-refractivity contribution < 1.29 is 28.5 Å². The Morgan fingerprint density at radius 2 is 1.83 bits per heavy atom. The molecule has 1 amide bonds. The number of ether oxygens (including phenoxy) is 4. The molecule has 224 valence electrons. The number of morpholine rings is 1. The number of fused-ring (bicyclic) bond motifs is 1. The smallest absolute Gasteiger partial charge is 0.339 e. The number of nitrogens with one attached hydrogen (secondary N) is 1. The zero-order valence-electron chi connectivity index (χ0n) is 25.3. The number of anilines is 1. The first kappa shape index (κ1) is 31.2. The van der Waals surface area contributed by atoms with Crippen LogP contribution in [0.15, 0.2) is 78.4 Å². The largest absolute Gasteiger partial charge is 0.497 e. The average Bonchev–Trinajstić information content (AvgIpc) is 3.30. The van der Waals surface area contributed by atoms with Crippen molar-refractivity contribution in [1.82, 2.24) is 4.90 Å². The summed E-state index contributed by atoms with van der Waals surface area (Å²) in [4.78, 5) is 29.0. The molecule has 2 aromatic rings. The van der Waals surface area contributed by atoms with Gasteiger partial charge in [0, 0.05) is 25.2 Å². The van der Waals surface area contributed by atoms with Crippen LogP contribution in [0.3, 0.4) is 0 Å². The van der Waals surface area contributed by atoms with E-state index in [9.17, 15) is 9.59 Å². The van der Waals surface area contributed by atoms with Crippen LogP contribution in [0, 0.1) is 5.41 Å². The number of carbonyl (C=O) groups is 2. The molecule has 0 bridgehead atoms. The van der Waals surface area contributed by atoms with E-state index in [2.05, 4.69) is 37.6 Å². The molecule has 1 N–H and O–H groups in total. The van der Waals surface area contributed by atoms with Crippen LogP contribution in [-0.2, 0) is 24.4 Å². The molecular weight excluding hydrogens is 532 g/mol. The van der Waals surface area contributed by atoms with Crippen LogP contribution in [0.5, 0.6) is 5.75 Å². The lowest BCUT2D eigenvalue weighted by molar-refractivity contribution is -0.118. The number of allylic oxidation sites excluding steroid dienone is 3. The zero-order valence-corrected chi connectivity index (χ0v) is 25.3. The summed E-state index contributed by atoms with van der Waals surface area (Å²) in [5.74, 6) is -0.140. The van der Waals surface area contributed by atoms with E-state index >= 15 is 0 Å². The molecule has 2 aliphatic heterocycles. The van der Waals surface area contributed by atoms with Crippen molar-refractivity contribution in [2.24, 2.45) is 5.41 Å². The summed E-state index contributed by atoms with van der Waals surface area (Å²) in [6, 6.07) is 12.6. The Labute approximate surface area is 249 Å². The summed E-state index contributed by atoms with van der Waals surface area (Å²) < 4.78 is 21.7. The first-order chi connectivity index (χ1) is 20.1. The van der Waals surface area contributed by atoms with Crippen LogP contribution < -0.4 is 10.1 Å². The third-order valence-corrected chi connectivity index (χ3v) is 7.82. The highest BCUT2D eigenvalue weighted by Crippen LogP contribution is 2.50. The molecule has 0 aliphatic carbocycles. The first-order valence-electron chi connectivity index (χ1n) is 14.3. The molecule has 4 rings (SSSR count). The number of para-hydroxylation sites is 1. The molecule has 2 heterocycles. The molecule has 0 aromatic heterocycles. The Morgan fingerprint density at radius 3 is 2.48 bits per heavy atom. The SMILES string of the molecule is C=C(/C=C(\C=C/COCCN1CCOCC1)C(C)(C)C)C1(c2ccc(OC)cc2)C(=O)Nc2c(C(=O)OC)cccc21. The molecule has 42 heavy (non-hydrogen) atoms. The van der Waals surface area contributed by atoms with Gasteiger partial charge in [-0.2, -0.15) is 0 Å². The lowest BCUT2D eigenvalue weighted by Crippen LogP contribution is -2.38. The summed E-state index contributed by atoms with van der Waals surface area (Å²) in [7, 11) is 2.92. The number of hydrogen-bond donors (Lipinski definition) is 1. The van der Waals surface area contributed by atoms with Crippen molar-refractivity contribution in [2.45, 2.75) is 26.2 Å². The topological polar surface area (TPSA) is 86.3 Å². The van der Waals surface area contributed by atoms with Crippen molar-refractivity contribution in [3.8, 4) is 5.75 Å². The molecule has 8 nitrogen and oxygen atoms in total. The second kappa shape index (κ2) is 13.5. The van der Waals surface area contributed by atoms with Gasteiger partial charge in [0.1, 0.15) is 11.2 Å². The number of nitrogens with zero attached hydrogens (tertiary/aromatic N) is 1. The van der Waals surface area contributed by atoms with Gasteiger partial charge in [-0.1, -0.05) is 69.8 Å². The predicted molar refractivity (Wildman–Crippen MR) is 164 cm³/mol. The summed E-state index contributed by atoms with van der Waals surface area (Å²) in [5.41, 5.74) is 2.13. The minimum Gasteiger partial charge on any atom is -0.497 e. The third kappa shape index (κ3) is 6.51. The molecule has 2 aliphatic rings. The normalized spacial score (nSPS) is 19.5. The molecule has 1 saturated heterocycles. The van der Waals surface area contributed by atoms with Gasteiger partial charge in [0.05, 0.1) is 51.9 Å². The van der Waals surface area contributed by atoms with E-state index in [0.717, 1.165) is 38.4 Å². The van der Waals surface area contributed by atoms with E-state index in [4.69, 9.17) is 18.9 Å². The minimum atomic E-state index is -1.27. The number of methoxy groups -OCH3 is 2. The van der Waals surface area contributed by atoms with E-state index < -0.39 is 11.4 Å². The molecule has 8 heteroatoms. The van der Waals surface area contributed by atoms with Crippen molar-refractivity contribution >= 4 is 17.6 Å². The van der Waals surface area contributed by atoms with Crippen LogP contribution >= 0.6 is 0 Å². The van der Waals surface area contributed by atoms with Gasteiger partial charge >= 0.3 is 5.97 Å². The maximum absolute atomic E-state index is 14.1. The highest BCUT2D eigenvalue weighted by atomic mass is 16.5. The lowest BCUT2D eigenvalue weighted by atomic mass is 9.68. The van der Waals surface area contributed by atoms with Crippen molar-refractivity contribution in [3.05, 3.63) is 95.1 Å². The van der Waals surface area contributed by atoms with Gasteiger partial charge in [-0.05, 0) is 40.3 Å². The first-order valence-corrected chi connectivity index (χ1v) is 14.3. The monoisotopic (exact) mass is 574 g/mol. The van der Waals surface area contributed by atoms with E-state index in [0.29, 0.717) is 46.9 Å². The second-order valence-electron chi connectivity index (χ2n) is 11.5. The van der Waals surface area contributed by atoms with Gasteiger partial charge in [0.2, 0.25) is 5.91 Å². The van der Waals surface area contributed by atoms with Gasteiger partial charge in [-0.15, -0.1) is 0 Å². The molecule has 1 atom stereocenters. The number of rotatable bonds is 11. The Balaban J connectivity index is 1.68. The highest BCUT2D eigenvalue weighted by Gasteiger charge is 2.51. The molecule has 0 saturated carbocycles. The third-order valence-electron chi connectivity index (χ3n) is 7.82. The standard InChI is InChI=1S/C34H42N2O6/c1-24(23-26(33(2,3)4)9-8-19-41-20-16-36-17-21-42-22-18-36)34(25-12-14-27(39-5)15-13-25)29-11-7-10-28(31(37)40-6)30(29)35-32(34)38/h7-15,23H,1,16-22H2,2-6H3,(H,35,38)/b9-8-,26-23+. The fraction of sp³-hybridized carbons (Fsp3) is 0.412. The fourth-order valence-electron chi connectivity index (χ4n) is 5.40.